The van der Waals surface area contributed by atoms with E-state index in [0.717, 1.165) is 5.56 Å². The van der Waals surface area contributed by atoms with Crippen molar-refractivity contribution in [1.82, 2.24) is 9.97 Å². The van der Waals surface area contributed by atoms with Crippen LogP contribution in [0.3, 0.4) is 0 Å². The first-order chi connectivity index (χ1) is 20.2. The standard InChI is InChI=1S/C30H27N5O6S/c1-19-8-3-6-13-27(19)41-18-28(37)31-20-9-7-10-24(16-20)42(38,39)35-30-29(33-25-11-4-5-12-26(25)34-30)32-21-14-22(36)17-23(15-21)40-2/h3-17,36H,18H2,1-2H3,(H,31,37)(H,32,33)(H,34,35). The molecule has 4 aromatic carbocycles. The number of phenols is 1. The van der Waals surface area contributed by atoms with Gasteiger partial charge in [-0.05, 0) is 48.9 Å². The molecule has 0 bridgehead atoms. The summed E-state index contributed by atoms with van der Waals surface area (Å²) >= 11 is 0. The van der Waals surface area contributed by atoms with Crippen molar-refractivity contribution < 1.29 is 27.8 Å². The largest absolute Gasteiger partial charge is 0.508 e. The van der Waals surface area contributed by atoms with Crippen LogP contribution in [-0.4, -0.2) is 43.1 Å². The molecule has 42 heavy (non-hydrogen) atoms. The molecule has 5 aromatic rings. The highest BCUT2D eigenvalue weighted by Gasteiger charge is 2.20. The van der Waals surface area contributed by atoms with Gasteiger partial charge in [0.1, 0.15) is 17.2 Å². The van der Waals surface area contributed by atoms with E-state index in [1.807, 2.05) is 25.1 Å². The normalized spacial score (nSPS) is 11.1. The highest BCUT2D eigenvalue weighted by molar-refractivity contribution is 7.92. The van der Waals surface area contributed by atoms with Crippen molar-refractivity contribution in [2.75, 3.05) is 29.1 Å². The number of aromatic hydroxyl groups is 1. The minimum atomic E-state index is -4.19. The smallest absolute Gasteiger partial charge is 0.263 e. The SMILES string of the molecule is COc1cc(O)cc(Nc2nc3ccccc3nc2NS(=O)(=O)c2cccc(NC(=O)COc3ccccc3C)c2)c1. The Bertz CT molecular complexity index is 1880. The van der Waals surface area contributed by atoms with Gasteiger partial charge in [-0.15, -0.1) is 0 Å². The number of sulfonamides is 1. The molecule has 12 heteroatoms. The molecule has 0 spiro atoms. The summed E-state index contributed by atoms with van der Waals surface area (Å²) in [6, 6.07) is 24.6. The van der Waals surface area contributed by atoms with Gasteiger partial charge >= 0.3 is 0 Å². The van der Waals surface area contributed by atoms with E-state index in [-0.39, 0.29) is 34.6 Å². The van der Waals surface area contributed by atoms with Crippen molar-refractivity contribution in [2.24, 2.45) is 0 Å². The molecule has 5 rings (SSSR count). The van der Waals surface area contributed by atoms with Crippen LogP contribution in [0.2, 0.25) is 0 Å². The second kappa shape index (κ2) is 12.0. The Morgan fingerprint density at radius 3 is 2.31 bits per heavy atom. The number of aromatic nitrogens is 2. The number of carbonyl (C=O) groups excluding carboxylic acids is 1. The number of hydrogen-bond acceptors (Lipinski definition) is 9. The molecule has 0 aliphatic carbocycles. The third-order valence-corrected chi connectivity index (χ3v) is 7.41. The van der Waals surface area contributed by atoms with Gasteiger partial charge < -0.3 is 25.2 Å². The molecule has 0 aliphatic rings. The number of aryl methyl sites for hydroxylation is 1. The molecule has 0 saturated heterocycles. The van der Waals surface area contributed by atoms with Crippen LogP contribution in [0.25, 0.3) is 11.0 Å². The third-order valence-electron chi connectivity index (χ3n) is 6.07. The first-order valence-corrected chi connectivity index (χ1v) is 14.2. The quantitative estimate of drug-likeness (QED) is 0.173. The van der Waals surface area contributed by atoms with Crippen LogP contribution < -0.4 is 24.8 Å². The van der Waals surface area contributed by atoms with Crippen molar-refractivity contribution >= 4 is 50.0 Å². The van der Waals surface area contributed by atoms with E-state index in [0.29, 0.717) is 28.2 Å². The summed E-state index contributed by atoms with van der Waals surface area (Å²) < 4.78 is 40.2. The van der Waals surface area contributed by atoms with Gasteiger partial charge in [-0.1, -0.05) is 36.4 Å². The topological polar surface area (TPSA) is 152 Å². The summed E-state index contributed by atoms with van der Waals surface area (Å²) in [5.41, 5.74) is 2.54. The maximum Gasteiger partial charge on any atom is 0.263 e. The predicted octanol–water partition coefficient (Wildman–Crippen LogP) is 5.21. The van der Waals surface area contributed by atoms with Gasteiger partial charge in [-0.25, -0.2) is 18.4 Å². The van der Waals surface area contributed by atoms with E-state index < -0.39 is 15.9 Å². The van der Waals surface area contributed by atoms with E-state index >= 15 is 0 Å². The summed E-state index contributed by atoms with van der Waals surface area (Å²) in [4.78, 5) is 21.4. The zero-order valence-electron chi connectivity index (χ0n) is 22.7. The number of para-hydroxylation sites is 3. The second-order valence-electron chi connectivity index (χ2n) is 9.19. The highest BCUT2D eigenvalue weighted by atomic mass is 32.2. The van der Waals surface area contributed by atoms with Gasteiger partial charge in [0.15, 0.2) is 18.2 Å². The molecule has 4 N–H and O–H groups in total. The lowest BCUT2D eigenvalue weighted by Gasteiger charge is -2.15. The Labute approximate surface area is 242 Å². The number of ether oxygens (including phenoxy) is 2. The Hall–Kier alpha value is -5.36. The Balaban J connectivity index is 1.38. The molecule has 0 radical (unpaired) electrons. The van der Waals surface area contributed by atoms with Gasteiger partial charge in [0.2, 0.25) is 0 Å². The lowest BCUT2D eigenvalue weighted by Crippen LogP contribution is -2.21. The maximum absolute atomic E-state index is 13.5. The second-order valence-corrected chi connectivity index (χ2v) is 10.9. The fourth-order valence-electron chi connectivity index (χ4n) is 4.05. The lowest BCUT2D eigenvalue weighted by molar-refractivity contribution is -0.118. The number of phenolic OH excluding ortho intramolecular Hbond substituents is 1. The minimum absolute atomic E-state index is 0.0594. The molecule has 214 valence electrons. The lowest BCUT2D eigenvalue weighted by atomic mass is 10.2. The minimum Gasteiger partial charge on any atom is -0.508 e. The molecule has 11 nitrogen and oxygen atoms in total. The zero-order valence-corrected chi connectivity index (χ0v) is 23.5. The average molecular weight is 586 g/mol. The number of amides is 1. The number of carbonyl (C=O) groups is 1. The predicted molar refractivity (Wildman–Crippen MR) is 160 cm³/mol. The zero-order chi connectivity index (χ0) is 29.7. The van der Waals surface area contributed by atoms with Gasteiger partial charge in [0.25, 0.3) is 15.9 Å². The number of anilines is 4. The number of methoxy groups -OCH3 is 1. The van der Waals surface area contributed by atoms with Gasteiger partial charge in [-0.3, -0.25) is 9.52 Å². The Morgan fingerprint density at radius 1 is 0.857 bits per heavy atom. The summed E-state index contributed by atoms with van der Waals surface area (Å²) in [5, 5.41) is 15.7. The average Bonchev–Trinajstić information content (AvgIpc) is 2.96. The summed E-state index contributed by atoms with van der Waals surface area (Å²) in [6.45, 7) is 1.62. The van der Waals surface area contributed by atoms with Crippen molar-refractivity contribution in [1.29, 1.82) is 0 Å². The summed E-state index contributed by atoms with van der Waals surface area (Å²) in [7, 11) is -2.73. The van der Waals surface area contributed by atoms with E-state index in [4.69, 9.17) is 9.47 Å². The van der Waals surface area contributed by atoms with E-state index in [1.165, 1.54) is 37.4 Å². The Kier molecular flexibility index (Phi) is 8.07. The number of benzene rings is 4. The van der Waals surface area contributed by atoms with Crippen molar-refractivity contribution in [3.05, 3.63) is 96.6 Å². The van der Waals surface area contributed by atoms with Gasteiger partial charge in [0, 0.05) is 29.6 Å². The van der Waals surface area contributed by atoms with E-state index in [9.17, 15) is 18.3 Å². The van der Waals surface area contributed by atoms with Crippen LogP contribution in [-0.2, 0) is 14.8 Å². The number of nitrogens with one attached hydrogen (secondary N) is 3. The van der Waals surface area contributed by atoms with Gasteiger partial charge in [0.05, 0.1) is 23.0 Å². The molecule has 1 aromatic heterocycles. The van der Waals surface area contributed by atoms with Crippen LogP contribution >= 0.6 is 0 Å². The maximum atomic E-state index is 13.5. The fourth-order valence-corrected chi connectivity index (χ4v) is 5.11. The third kappa shape index (κ3) is 6.67. The highest BCUT2D eigenvalue weighted by Crippen LogP contribution is 2.31. The van der Waals surface area contributed by atoms with Crippen LogP contribution in [0.1, 0.15) is 5.56 Å². The first-order valence-electron chi connectivity index (χ1n) is 12.7. The molecule has 0 unspecified atom stereocenters. The number of nitrogens with zero attached hydrogens (tertiary/aromatic N) is 2. The number of rotatable bonds is 10. The summed E-state index contributed by atoms with van der Waals surface area (Å²) in [5.74, 6) is 0.486. The van der Waals surface area contributed by atoms with Crippen molar-refractivity contribution in [3.63, 3.8) is 0 Å². The molecule has 0 atom stereocenters. The summed E-state index contributed by atoms with van der Waals surface area (Å²) in [6.07, 6.45) is 0. The molecule has 1 heterocycles. The van der Waals surface area contributed by atoms with Crippen LogP contribution in [0.15, 0.2) is 95.9 Å². The number of hydrogen-bond donors (Lipinski definition) is 4. The van der Waals surface area contributed by atoms with Crippen molar-refractivity contribution in [2.45, 2.75) is 11.8 Å². The molecule has 1 amide bonds. The van der Waals surface area contributed by atoms with E-state index in [1.54, 1.807) is 42.5 Å². The monoisotopic (exact) mass is 585 g/mol. The van der Waals surface area contributed by atoms with Crippen molar-refractivity contribution in [3.8, 4) is 17.2 Å². The van der Waals surface area contributed by atoms with Crippen LogP contribution in [0.4, 0.5) is 23.0 Å². The molecular formula is C30H27N5O6S. The molecule has 0 saturated carbocycles. The molecule has 0 fully saturated rings. The van der Waals surface area contributed by atoms with Crippen LogP contribution in [0.5, 0.6) is 17.2 Å². The molecule has 0 aliphatic heterocycles. The fraction of sp³-hybridized carbons (Fsp3) is 0.100. The first kappa shape index (κ1) is 28.2. The Morgan fingerprint density at radius 2 is 1.57 bits per heavy atom. The molecular weight excluding hydrogens is 558 g/mol. The van der Waals surface area contributed by atoms with Crippen LogP contribution in [0, 0.1) is 6.92 Å². The number of fused-ring (bicyclic) bond motifs is 1. The van der Waals surface area contributed by atoms with Gasteiger partial charge in [-0.2, -0.15) is 0 Å². The van der Waals surface area contributed by atoms with E-state index in [2.05, 4.69) is 25.3 Å².